The summed E-state index contributed by atoms with van der Waals surface area (Å²) in [7, 11) is 1.55. The largest absolute Gasteiger partial charge is 0.493 e. The molecule has 0 spiro atoms. The first-order valence-corrected chi connectivity index (χ1v) is 5.41. The van der Waals surface area contributed by atoms with Gasteiger partial charge in [0.2, 0.25) is 0 Å². The highest BCUT2D eigenvalue weighted by Crippen LogP contribution is 2.33. The predicted octanol–water partition coefficient (Wildman–Crippen LogP) is 3.08. The first-order valence-electron chi connectivity index (χ1n) is 5.41. The minimum absolute atomic E-state index is 0.0221. The molecule has 0 heterocycles. The number of benzene rings is 1. The van der Waals surface area contributed by atoms with Crippen molar-refractivity contribution in [3.63, 3.8) is 0 Å². The number of methoxy groups -OCH3 is 1. The van der Waals surface area contributed by atoms with Crippen molar-refractivity contribution >= 4 is 5.97 Å². The Hall–Kier alpha value is -1.77. The molecule has 3 nitrogen and oxygen atoms in total. The summed E-state index contributed by atoms with van der Waals surface area (Å²) in [5.41, 5.74) is 1.14. The van der Waals surface area contributed by atoms with Crippen molar-refractivity contribution in [1.29, 1.82) is 0 Å². The molecule has 0 aliphatic carbocycles. The van der Waals surface area contributed by atoms with Crippen LogP contribution in [0.25, 0.3) is 0 Å². The average Bonchev–Trinajstić information content (AvgIpc) is 2.27. The van der Waals surface area contributed by atoms with Gasteiger partial charge in [-0.05, 0) is 23.1 Å². The summed E-state index contributed by atoms with van der Waals surface area (Å²) in [6.45, 7) is 9.68. The van der Waals surface area contributed by atoms with Crippen molar-refractivity contribution in [3.05, 3.63) is 36.4 Å². The molecule has 0 aliphatic rings. The fourth-order valence-corrected chi connectivity index (χ4v) is 1.37. The van der Waals surface area contributed by atoms with Gasteiger partial charge in [-0.3, -0.25) is 0 Å². The van der Waals surface area contributed by atoms with Gasteiger partial charge in [0.05, 0.1) is 7.11 Å². The molecule has 92 valence electrons. The Morgan fingerprint density at radius 1 is 1.29 bits per heavy atom. The summed E-state index contributed by atoms with van der Waals surface area (Å²) in [5, 5.41) is 0. The Morgan fingerprint density at radius 3 is 2.41 bits per heavy atom. The van der Waals surface area contributed by atoms with E-state index in [1.54, 1.807) is 13.2 Å². The van der Waals surface area contributed by atoms with Crippen molar-refractivity contribution in [2.24, 2.45) is 0 Å². The quantitative estimate of drug-likeness (QED) is 0.458. The third-order valence-corrected chi connectivity index (χ3v) is 2.41. The van der Waals surface area contributed by atoms with Crippen LogP contribution in [0, 0.1) is 0 Å². The molecule has 0 saturated heterocycles. The minimum Gasteiger partial charge on any atom is -0.493 e. The van der Waals surface area contributed by atoms with Gasteiger partial charge in [0.25, 0.3) is 0 Å². The lowest BCUT2D eigenvalue weighted by Crippen LogP contribution is -2.12. The summed E-state index contributed by atoms with van der Waals surface area (Å²) >= 11 is 0. The molecule has 1 aromatic rings. The first-order chi connectivity index (χ1) is 7.88. The summed E-state index contributed by atoms with van der Waals surface area (Å²) in [6, 6.07) is 5.54. The summed E-state index contributed by atoms with van der Waals surface area (Å²) in [5.74, 6) is 0.463. The molecule has 0 radical (unpaired) electrons. The molecule has 1 rings (SSSR count). The normalized spacial score (nSPS) is 10.8. The van der Waals surface area contributed by atoms with Crippen molar-refractivity contribution in [3.8, 4) is 11.5 Å². The van der Waals surface area contributed by atoms with Gasteiger partial charge in [0.1, 0.15) is 0 Å². The number of ether oxygens (including phenoxy) is 2. The van der Waals surface area contributed by atoms with Gasteiger partial charge in [0, 0.05) is 6.08 Å². The van der Waals surface area contributed by atoms with Crippen molar-refractivity contribution in [1.82, 2.24) is 0 Å². The molecule has 0 unspecified atom stereocenters. The van der Waals surface area contributed by atoms with Crippen LogP contribution in [0.5, 0.6) is 11.5 Å². The topological polar surface area (TPSA) is 35.5 Å². The van der Waals surface area contributed by atoms with E-state index in [9.17, 15) is 4.79 Å². The van der Waals surface area contributed by atoms with E-state index in [0.717, 1.165) is 11.6 Å². The molecule has 0 aliphatic heterocycles. The monoisotopic (exact) mass is 234 g/mol. The van der Waals surface area contributed by atoms with Crippen LogP contribution in [-0.4, -0.2) is 13.1 Å². The zero-order chi connectivity index (χ0) is 13.1. The maximum Gasteiger partial charge on any atom is 0.335 e. The van der Waals surface area contributed by atoms with Crippen LogP contribution in [0.3, 0.4) is 0 Å². The second-order valence-electron chi connectivity index (χ2n) is 4.74. The van der Waals surface area contributed by atoms with Gasteiger partial charge in [-0.2, -0.15) is 0 Å². The first kappa shape index (κ1) is 13.3. The van der Waals surface area contributed by atoms with Gasteiger partial charge in [-0.25, -0.2) is 4.79 Å². The van der Waals surface area contributed by atoms with Crippen LogP contribution in [-0.2, 0) is 10.2 Å². The Balaban J connectivity index is 3.10. The van der Waals surface area contributed by atoms with E-state index in [1.165, 1.54) is 0 Å². The Labute approximate surface area is 102 Å². The lowest BCUT2D eigenvalue weighted by Gasteiger charge is -2.20. The van der Waals surface area contributed by atoms with E-state index in [2.05, 4.69) is 27.4 Å². The van der Waals surface area contributed by atoms with Crippen LogP contribution in [0.4, 0.5) is 0 Å². The number of esters is 1. The standard InChI is InChI=1S/C14H18O3/c1-6-13(15)17-11-8-7-10(14(2,3)4)9-12(11)16-5/h6-9H,1H2,2-5H3. The Bertz CT molecular complexity index is 428. The van der Waals surface area contributed by atoms with E-state index in [-0.39, 0.29) is 5.41 Å². The number of hydrogen-bond acceptors (Lipinski definition) is 3. The maximum atomic E-state index is 11.1. The molecule has 0 atom stereocenters. The van der Waals surface area contributed by atoms with E-state index in [0.29, 0.717) is 11.5 Å². The highest BCUT2D eigenvalue weighted by atomic mass is 16.6. The van der Waals surface area contributed by atoms with Crippen molar-refractivity contribution < 1.29 is 14.3 Å². The van der Waals surface area contributed by atoms with E-state index in [4.69, 9.17) is 9.47 Å². The van der Waals surface area contributed by atoms with E-state index < -0.39 is 5.97 Å². The molecule has 0 aromatic heterocycles. The van der Waals surface area contributed by atoms with Crippen molar-refractivity contribution in [2.75, 3.05) is 7.11 Å². The highest BCUT2D eigenvalue weighted by molar-refractivity contribution is 5.83. The zero-order valence-corrected chi connectivity index (χ0v) is 10.7. The molecule has 1 aromatic carbocycles. The lowest BCUT2D eigenvalue weighted by molar-refractivity contribution is -0.129. The Morgan fingerprint density at radius 2 is 1.94 bits per heavy atom. The second-order valence-corrected chi connectivity index (χ2v) is 4.74. The fourth-order valence-electron chi connectivity index (χ4n) is 1.37. The van der Waals surface area contributed by atoms with Crippen molar-refractivity contribution in [2.45, 2.75) is 26.2 Å². The molecule has 0 amide bonds. The molecule has 0 bridgehead atoms. The molecule has 0 fully saturated rings. The van der Waals surface area contributed by atoms with Gasteiger partial charge < -0.3 is 9.47 Å². The number of carbonyl (C=O) groups excluding carboxylic acids is 1. The lowest BCUT2D eigenvalue weighted by atomic mass is 9.87. The molecule has 0 N–H and O–H groups in total. The Kier molecular flexibility index (Phi) is 3.94. The molecular weight excluding hydrogens is 216 g/mol. The number of hydrogen-bond donors (Lipinski definition) is 0. The third kappa shape index (κ3) is 3.34. The van der Waals surface area contributed by atoms with E-state index >= 15 is 0 Å². The van der Waals surface area contributed by atoms with Crippen LogP contribution in [0.1, 0.15) is 26.3 Å². The maximum absolute atomic E-state index is 11.1. The summed E-state index contributed by atoms with van der Waals surface area (Å²) in [4.78, 5) is 11.1. The van der Waals surface area contributed by atoms with Crippen LogP contribution in [0.2, 0.25) is 0 Å². The van der Waals surface area contributed by atoms with Gasteiger partial charge in [-0.15, -0.1) is 0 Å². The predicted molar refractivity (Wildman–Crippen MR) is 67.5 cm³/mol. The van der Waals surface area contributed by atoms with Crippen LogP contribution in [0.15, 0.2) is 30.9 Å². The van der Waals surface area contributed by atoms with Gasteiger partial charge in [0.15, 0.2) is 11.5 Å². The summed E-state index contributed by atoms with van der Waals surface area (Å²) in [6.07, 6.45) is 1.12. The molecule has 3 heteroatoms. The van der Waals surface area contributed by atoms with Gasteiger partial charge >= 0.3 is 5.97 Å². The smallest absolute Gasteiger partial charge is 0.335 e. The SMILES string of the molecule is C=CC(=O)Oc1ccc(C(C)(C)C)cc1OC. The number of rotatable bonds is 3. The van der Waals surface area contributed by atoms with Gasteiger partial charge in [-0.1, -0.05) is 33.4 Å². The van der Waals surface area contributed by atoms with Crippen LogP contribution < -0.4 is 9.47 Å². The van der Waals surface area contributed by atoms with E-state index in [1.807, 2.05) is 12.1 Å². The zero-order valence-electron chi connectivity index (χ0n) is 10.7. The molecular formula is C14H18O3. The highest BCUT2D eigenvalue weighted by Gasteiger charge is 2.17. The molecule has 17 heavy (non-hydrogen) atoms. The third-order valence-electron chi connectivity index (χ3n) is 2.41. The second kappa shape index (κ2) is 5.04. The molecule has 0 saturated carbocycles. The average molecular weight is 234 g/mol. The van der Waals surface area contributed by atoms with Crippen LogP contribution >= 0.6 is 0 Å². The minimum atomic E-state index is -0.494. The fraction of sp³-hybridized carbons (Fsp3) is 0.357. The number of carbonyl (C=O) groups is 1. The summed E-state index contributed by atoms with van der Waals surface area (Å²) < 4.78 is 10.3.